The van der Waals surface area contributed by atoms with Crippen LogP contribution < -0.4 is 4.90 Å². The maximum absolute atomic E-state index is 12.4. The molecule has 1 aliphatic heterocycles. The monoisotopic (exact) mass is 363 g/mol. The van der Waals surface area contributed by atoms with E-state index in [1.54, 1.807) is 4.90 Å². The number of carbonyl (C=O) groups is 2. The van der Waals surface area contributed by atoms with Crippen molar-refractivity contribution in [3.05, 3.63) is 63.6 Å². The number of para-hydroxylation sites is 1. The predicted octanol–water partition coefficient (Wildman–Crippen LogP) is 4.13. The molecular weight excluding hydrogens is 349 g/mol. The number of ether oxygens (including phenoxy) is 1. The summed E-state index contributed by atoms with van der Waals surface area (Å²) in [5, 5.41) is 0.622. The lowest BCUT2D eigenvalue weighted by atomic mass is 10.0. The number of halogens is 2. The van der Waals surface area contributed by atoms with E-state index < -0.39 is 5.97 Å². The second-order valence-electron chi connectivity index (χ2n) is 5.48. The Labute approximate surface area is 149 Å². The van der Waals surface area contributed by atoms with Crippen LogP contribution >= 0.6 is 23.2 Å². The maximum atomic E-state index is 12.4. The molecule has 0 radical (unpaired) electrons. The van der Waals surface area contributed by atoms with Crippen LogP contribution in [0.2, 0.25) is 10.0 Å². The van der Waals surface area contributed by atoms with Crippen LogP contribution in [-0.4, -0.2) is 25.0 Å². The Bertz CT molecular complexity index is 792. The quantitative estimate of drug-likeness (QED) is 0.770. The molecule has 4 nitrogen and oxygen atoms in total. The van der Waals surface area contributed by atoms with E-state index in [1.807, 2.05) is 24.3 Å². The van der Waals surface area contributed by atoms with Crippen molar-refractivity contribution in [2.24, 2.45) is 0 Å². The lowest BCUT2D eigenvalue weighted by molar-refractivity contribution is -0.121. The first-order valence-corrected chi connectivity index (χ1v) is 8.32. The van der Waals surface area contributed by atoms with Gasteiger partial charge in [0.25, 0.3) is 5.91 Å². The number of amides is 1. The van der Waals surface area contributed by atoms with Gasteiger partial charge in [0.15, 0.2) is 6.61 Å². The van der Waals surface area contributed by atoms with E-state index >= 15 is 0 Å². The molecule has 0 unspecified atom stereocenters. The largest absolute Gasteiger partial charge is 0.452 e. The lowest BCUT2D eigenvalue weighted by Crippen LogP contribution is -2.38. The molecular formula is C18H15Cl2NO3. The van der Waals surface area contributed by atoms with Gasteiger partial charge in [0.05, 0.1) is 15.6 Å². The van der Waals surface area contributed by atoms with Gasteiger partial charge in [0.1, 0.15) is 0 Å². The molecule has 2 aromatic rings. The van der Waals surface area contributed by atoms with Crippen molar-refractivity contribution in [3.8, 4) is 0 Å². The number of aryl methyl sites for hydroxylation is 1. The molecule has 6 heteroatoms. The van der Waals surface area contributed by atoms with Crippen molar-refractivity contribution >= 4 is 40.8 Å². The van der Waals surface area contributed by atoms with Gasteiger partial charge in [-0.2, -0.15) is 0 Å². The molecule has 2 aromatic carbocycles. The normalized spacial score (nSPS) is 13.3. The third-order valence-corrected chi connectivity index (χ3v) is 4.63. The number of fused-ring (bicyclic) bond motifs is 1. The Morgan fingerprint density at radius 2 is 1.88 bits per heavy atom. The zero-order valence-electron chi connectivity index (χ0n) is 12.8. The van der Waals surface area contributed by atoms with Crippen LogP contribution in [0.1, 0.15) is 22.3 Å². The van der Waals surface area contributed by atoms with Crippen LogP contribution in [0.5, 0.6) is 0 Å². The Morgan fingerprint density at radius 1 is 1.08 bits per heavy atom. The van der Waals surface area contributed by atoms with E-state index in [0.29, 0.717) is 11.6 Å². The van der Waals surface area contributed by atoms with Gasteiger partial charge in [0.2, 0.25) is 0 Å². The number of esters is 1. The van der Waals surface area contributed by atoms with Crippen LogP contribution in [0.15, 0.2) is 42.5 Å². The summed E-state index contributed by atoms with van der Waals surface area (Å²) in [5.74, 6) is -0.845. The van der Waals surface area contributed by atoms with Gasteiger partial charge in [0, 0.05) is 12.2 Å². The molecule has 0 bridgehead atoms. The first-order valence-electron chi connectivity index (χ1n) is 7.56. The number of nitrogens with zero attached hydrogens (tertiary/aromatic N) is 1. The summed E-state index contributed by atoms with van der Waals surface area (Å²) in [6.07, 6.45) is 1.84. The van der Waals surface area contributed by atoms with E-state index in [-0.39, 0.29) is 23.1 Å². The average Bonchev–Trinajstić information content (AvgIpc) is 2.61. The molecule has 1 aliphatic rings. The first kappa shape index (κ1) is 16.8. The van der Waals surface area contributed by atoms with Crippen molar-refractivity contribution < 1.29 is 14.3 Å². The van der Waals surface area contributed by atoms with Crippen molar-refractivity contribution in [2.75, 3.05) is 18.1 Å². The van der Waals surface area contributed by atoms with Gasteiger partial charge in [-0.15, -0.1) is 0 Å². The van der Waals surface area contributed by atoms with Crippen LogP contribution in [-0.2, 0) is 16.0 Å². The summed E-state index contributed by atoms with van der Waals surface area (Å²) in [6, 6.07) is 12.2. The summed E-state index contributed by atoms with van der Waals surface area (Å²) in [7, 11) is 0. The number of benzene rings is 2. The Morgan fingerprint density at radius 3 is 2.67 bits per heavy atom. The Hall–Kier alpha value is -2.04. The van der Waals surface area contributed by atoms with Crippen molar-refractivity contribution in [3.63, 3.8) is 0 Å². The second kappa shape index (κ2) is 7.24. The fourth-order valence-electron chi connectivity index (χ4n) is 2.70. The van der Waals surface area contributed by atoms with Gasteiger partial charge >= 0.3 is 5.97 Å². The highest BCUT2D eigenvalue weighted by Crippen LogP contribution is 2.27. The maximum Gasteiger partial charge on any atom is 0.338 e. The van der Waals surface area contributed by atoms with Crippen molar-refractivity contribution in [1.82, 2.24) is 0 Å². The zero-order chi connectivity index (χ0) is 17.1. The number of carbonyl (C=O) groups excluding carboxylic acids is 2. The molecule has 0 atom stereocenters. The van der Waals surface area contributed by atoms with Gasteiger partial charge in [-0.05, 0) is 42.7 Å². The third-order valence-electron chi connectivity index (χ3n) is 3.89. The average molecular weight is 364 g/mol. The topological polar surface area (TPSA) is 46.6 Å². The highest BCUT2D eigenvalue weighted by molar-refractivity contribution is 6.42. The van der Waals surface area contributed by atoms with Crippen molar-refractivity contribution in [2.45, 2.75) is 12.8 Å². The summed E-state index contributed by atoms with van der Waals surface area (Å²) in [6.45, 7) is 0.313. The predicted molar refractivity (Wildman–Crippen MR) is 93.9 cm³/mol. The van der Waals surface area contributed by atoms with E-state index in [0.717, 1.165) is 24.1 Å². The molecule has 0 N–H and O–H groups in total. The zero-order valence-corrected chi connectivity index (χ0v) is 14.3. The van der Waals surface area contributed by atoms with Crippen LogP contribution in [0.4, 0.5) is 5.69 Å². The third kappa shape index (κ3) is 3.55. The summed E-state index contributed by atoms with van der Waals surface area (Å²) in [4.78, 5) is 26.1. The van der Waals surface area contributed by atoms with Gasteiger partial charge in [-0.25, -0.2) is 4.79 Å². The minimum absolute atomic E-state index is 0.240. The lowest BCUT2D eigenvalue weighted by Gasteiger charge is -2.29. The van der Waals surface area contributed by atoms with E-state index in [1.165, 1.54) is 18.2 Å². The Balaban J connectivity index is 1.66. The second-order valence-corrected chi connectivity index (χ2v) is 6.30. The highest BCUT2D eigenvalue weighted by Gasteiger charge is 2.23. The molecule has 1 amide bonds. The molecule has 1 heterocycles. The minimum atomic E-state index is -0.604. The fourth-order valence-corrected chi connectivity index (χ4v) is 3.00. The summed E-state index contributed by atoms with van der Waals surface area (Å²) < 4.78 is 5.12. The molecule has 0 saturated carbocycles. The number of hydrogen-bond acceptors (Lipinski definition) is 3. The van der Waals surface area contributed by atoms with Gasteiger partial charge in [-0.3, -0.25) is 4.79 Å². The number of hydrogen-bond donors (Lipinski definition) is 0. The van der Waals surface area contributed by atoms with Crippen LogP contribution in [0.25, 0.3) is 0 Å². The molecule has 24 heavy (non-hydrogen) atoms. The summed E-state index contributed by atoms with van der Waals surface area (Å²) in [5.41, 5.74) is 2.28. The SMILES string of the molecule is O=C(OCC(=O)N1CCCc2ccccc21)c1ccc(Cl)c(Cl)c1. The van der Waals surface area contributed by atoms with Crippen molar-refractivity contribution in [1.29, 1.82) is 0 Å². The number of anilines is 1. The smallest absolute Gasteiger partial charge is 0.338 e. The molecule has 0 spiro atoms. The standard InChI is InChI=1S/C18H15Cl2NO3/c19-14-8-7-13(10-15(14)20)18(23)24-11-17(22)21-9-3-5-12-4-1-2-6-16(12)21/h1-2,4,6-8,10H,3,5,9,11H2. The summed E-state index contributed by atoms with van der Waals surface area (Å²) >= 11 is 11.7. The van der Waals surface area contributed by atoms with Gasteiger partial charge < -0.3 is 9.64 Å². The molecule has 0 aromatic heterocycles. The molecule has 0 aliphatic carbocycles. The first-order chi connectivity index (χ1) is 11.6. The highest BCUT2D eigenvalue weighted by atomic mass is 35.5. The Kier molecular flexibility index (Phi) is 5.07. The molecule has 0 saturated heterocycles. The van der Waals surface area contributed by atoms with Gasteiger partial charge in [-0.1, -0.05) is 41.4 Å². The van der Waals surface area contributed by atoms with E-state index in [2.05, 4.69) is 0 Å². The van der Waals surface area contributed by atoms with E-state index in [9.17, 15) is 9.59 Å². The van der Waals surface area contributed by atoms with Crippen LogP contribution in [0, 0.1) is 0 Å². The van der Waals surface area contributed by atoms with E-state index in [4.69, 9.17) is 27.9 Å². The molecule has 124 valence electrons. The van der Waals surface area contributed by atoms with Crippen LogP contribution in [0.3, 0.4) is 0 Å². The molecule has 3 rings (SSSR count). The minimum Gasteiger partial charge on any atom is -0.452 e. The fraction of sp³-hybridized carbons (Fsp3) is 0.222. The molecule has 0 fully saturated rings. The number of rotatable bonds is 3.